The van der Waals surface area contributed by atoms with Crippen LogP contribution in [0.5, 0.6) is 0 Å². The molecule has 0 radical (unpaired) electrons. The number of benzene rings is 1. The van der Waals surface area contributed by atoms with Gasteiger partial charge in [-0.1, -0.05) is 6.07 Å². The summed E-state index contributed by atoms with van der Waals surface area (Å²) in [5.41, 5.74) is 1.99. The third kappa shape index (κ3) is 4.14. The summed E-state index contributed by atoms with van der Waals surface area (Å²) in [7, 11) is 0. The lowest BCUT2D eigenvalue weighted by Gasteiger charge is -2.48. The summed E-state index contributed by atoms with van der Waals surface area (Å²) in [5, 5.41) is 8.95. The van der Waals surface area contributed by atoms with Crippen molar-refractivity contribution in [3.63, 3.8) is 0 Å². The average Bonchev–Trinajstić information content (AvgIpc) is 2.77. The van der Waals surface area contributed by atoms with Crippen LogP contribution in [0, 0.1) is 16.7 Å². The van der Waals surface area contributed by atoms with Crippen LogP contribution in [0.25, 0.3) is 0 Å². The third-order valence-corrected chi connectivity index (χ3v) is 6.04. The van der Waals surface area contributed by atoms with Crippen molar-refractivity contribution in [1.29, 1.82) is 5.26 Å². The van der Waals surface area contributed by atoms with E-state index in [1.165, 1.54) is 0 Å². The third-order valence-electron chi connectivity index (χ3n) is 6.04. The molecular formula is C23H24N4O2. The Labute approximate surface area is 170 Å². The predicted molar refractivity (Wildman–Crippen MR) is 108 cm³/mol. The van der Waals surface area contributed by atoms with E-state index in [0.29, 0.717) is 37.2 Å². The molecule has 2 aromatic rings. The Hall–Kier alpha value is -3.20. The Morgan fingerprint density at radius 3 is 2.69 bits per heavy atom. The quantitative estimate of drug-likeness (QED) is 0.810. The molecule has 2 fully saturated rings. The summed E-state index contributed by atoms with van der Waals surface area (Å²) >= 11 is 0. The molecule has 0 bridgehead atoms. The van der Waals surface area contributed by atoms with E-state index < -0.39 is 0 Å². The molecule has 6 nitrogen and oxygen atoms in total. The standard InChI is InChI=1S/C23H24N4O2/c24-14-18-5-7-19(8-6-18)22(29)26-13-3-10-23(16-26)11-9-21(28)27(17-23)15-20-4-1-2-12-25-20/h1-2,4-8,12H,3,9-11,13,15-17H2/t23-/m0/s1. The van der Waals surface area contributed by atoms with Gasteiger partial charge in [0.1, 0.15) is 0 Å². The van der Waals surface area contributed by atoms with Gasteiger partial charge in [-0.25, -0.2) is 0 Å². The molecule has 2 saturated heterocycles. The van der Waals surface area contributed by atoms with Gasteiger partial charge in [-0.15, -0.1) is 0 Å². The van der Waals surface area contributed by atoms with Crippen molar-refractivity contribution in [3.8, 4) is 6.07 Å². The minimum atomic E-state index is -0.0524. The van der Waals surface area contributed by atoms with E-state index in [1.54, 1.807) is 30.5 Å². The number of amides is 2. The van der Waals surface area contributed by atoms with Gasteiger partial charge < -0.3 is 9.80 Å². The zero-order valence-corrected chi connectivity index (χ0v) is 16.4. The number of nitrogens with zero attached hydrogens (tertiary/aromatic N) is 4. The lowest BCUT2D eigenvalue weighted by Crippen LogP contribution is -2.54. The summed E-state index contributed by atoms with van der Waals surface area (Å²) in [4.78, 5) is 33.7. The summed E-state index contributed by atoms with van der Waals surface area (Å²) < 4.78 is 0. The summed E-state index contributed by atoms with van der Waals surface area (Å²) in [6.45, 7) is 2.58. The van der Waals surface area contributed by atoms with Gasteiger partial charge in [0.15, 0.2) is 0 Å². The molecule has 0 aliphatic carbocycles. The van der Waals surface area contributed by atoms with Crippen LogP contribution in [-0.2, 0) is 11.3 Å². The van der Waals surface area contributed by atoms with Crippen molar-refractivity contribution < 1.29 is 9.59 Å². The van der Waals surface area contributed by atoms with E-state index in [9.17, 15) is 9.59 Å². The second-order valence-electron chi connectivity index (χ2n) is 8.09. The van der Waals surface area contributed by atoms with E-state index in [-0.39, 0.29) is 17.2 Å². The number of piperidine rings is 2. The molecule has 2 amide bonds. The SMILES string of the molecule is N#Cc1ccc(C(=O)N2CCC[C@]3(CCC(=O)N(Cc4ccccn4)C3)C2)cc1. The number of carbonyl (C=O) groups is 2. The maximum atomic E-state index is 13.0. The Morgan fingerprint density at radius 2 is 1.97 bits per heavy atom. The molecule has 4 rings (SSSR count). The molecule has 29 heavy (non-hydrogen) atoms. The lowest BCUT2D eigenvalue weighted by molar-refractivity contribution is -0.139. The number of pyridine rings is 1. The van der Waals surface area contributed by atoms with E-state index in [2.05, 4.69) is 11.1 Å². The van der Waals surface area contributed by atoms with Crippen molar-refractivity contribution in [2.75, 3.05) is 19.6 Å². The largest absolute Gasteiger partial charge is 0.338 e. The zero-order chi connectivity index (χ0) is 20.3. The van der Waals surface area contributed by atoms with Gasteiger partial charge in [0.2, 0.25) is 5.91 Å². The predicted octanol–water partition coefficient (Wildman–Crippen LogP) is 3.00. The fourth-order valence-electron chi connectivity index (χ4n) is 4.52. The van der Waals surface area contributed by atoms with Gasteiger partial charge in [-0.05, 0) is 55.7 Å². The molecule has 6 heteroatoms. The molecule has 1 aromatic carbocycles. The number of rotatable bonds is 3. The highest BCUT2D eigenvalue weighted by Gasteiger charge is 2.42. The lowest BCUT2D eigenvalue weighted by atomic mass is 9.73. The number of carbonyl (C=O) groups excluding carboxylic acids is 2. The summed E-state index contributed by atoms with van der Waals surface area (Å²) in [6, 6.07) is 14.6. The Kier molecular flexibility index (Phi) is 5.30. The van der Waals surface area contributed by atoms with Gasteiger partial charge in [0, 0.05) is 43.2 Å². The first-order valence-corrected chi connectivity index (χ1v) is 10.1. The van der Waals surface area contributed by atoms with Crippen LogP contribution in [-0.4, -0.2) is 46.2 Å². The highest BCUT2D eigenvalue weighted by Crippen LogP contribution is 2.39. The Morgan fingerprint density at radius 1 is 1.14 bits per heavy atom. The fourth-order valence-corrected chi connectivity index (χ4v) is 4.52. The van der Waals surface area contributed by atoms with Gasteiger partial charge in [-0.2, -0.15) is 5.26 Å². The van der Waals surface area contributed by atoms with Crippen LogP contribution in [0.3, 0.4) is 0 Å². The van der Waals surface area contributed by atoms with Crippen molar-refractivity contribution in [1.82, 2.24) is 14.8 Å². The van der Waals surface area contributed by atoms with Crippen molar-refractivity contribution in [2.45, 2.75) is 32.2 Å². The molecule has 3 heterocycles. The molecule has 148 valence electrons. The second kappa shape index (κ2) is 8.04. The summed E-state index contributed by atoms with van der Waals surface area (Å²) in [6.07, 6.45) is 5.05. The first-order chi connectivity index (χ1) is 14.1. The highest BCUT2D eigenvalue weighted by molar-refractivity contribution is 5.94. The molecule has 2 aliphatic rings. The topological polar surface area (TPSA) is 77.3 Å². The van der Waals surface area contributed by atoms with E-state index in [1.807, 2.05) is 28.0 Å². The number of hydrogen-bond donors (Lipinski definition) is 0. The second-order valence-corrected chi connectivity index (χ2v) is 8.09. The smallest absolute Gasteiger partial charge is 0.253 e. The van der Waals surface area contributed by atoms with Crippen LogP contribution in [0.2, 0.25) is 0 Å². The number of hydrogen-bond acceptors (Lipinski definition) is 4. The zero-order valence-electron chi connectivity index (χ0n) is 16.4. The van der Waals surface area contributed by atoms with Gasteiger partial charge in [-0.3, -0.25) is 14.6 Å². The maximum Gasteiger partial charge on any atom is 0.253 e. The molecule has 0 saturated carbocycles. The molecule has 0 unspecified atom stereocenters. The van der Waals surface area contributed by atoms with E-state index in [0.717, 1.165) is 31.5 Å². The van der Waals surface area contributed by atoms with Crippen molar-refractivity contribution >= 4 is 11.8 Å². The molecule has 0 N–H and O–H groups in total. The van der Waals surface area contributed by atoms with Crippen LogP contribution in [0.15, 0.2) is 48.7 Å². The molecule has 1 spiro atoms. The van der Waals surface area contributed by atoms with Gasteiger partial charge >= 0.3 is 0 Å². The van der Waals surface area contributed by atoms with Crippen LogP contribution in [0.4, 0.5) is 0 Å². The van der Waals surface area contributed by atoms with E-state index >= 15 is 0 Å². The number of nitriles is 1. The molecular weight excluding hydrogens is 364 g/mol. The normalized spacial score (nSPS) is 21.8. The highest BCUT2D eigenvalue weighted by atomic mass is 16.2. The first-order valence-electron chi connectivity index (χ1n) is 10.1. The number of aromatic nitrogens is 1. The Bertz CT molecular complexity index is 936. The minimum Gasteiger partial charge on any atom is -0.338 e. The maximum absolute atomic E-state index is 13.0. The molecule has 1 aromatic heterocycles. The molecule has 1 atom stereocenters. The fraction of sp³-hybridized carbons (Fsp3) is 0.391. The average molecular weight is 388 g/mol. The van der Waals surface area contributed by atoms with Gasteiger partial charge in [0.25, 0.3) is 5.91 Å². The minimum absolute atomic E-state index is 0.00161. The van der Waals surface area contributed by atoms with Crippen LogP contribution < -0.4 is 0 Å². The number of likely N-dealkylation sites (tertiary alicyclic amines) is 2. The first kappa shape index (κ1) is 19.1. The van der Waals surface area contributed by atoms with Crippen molar-refractivity contribution in [2.24, 2.45) is 5.41 Å². The Balaban J connectivity index is 1.48. The van der Waals surface area contributed by atoms with Crippen molar-refractivity contribution in [3.05, 3.63) is 65.5 Å². The van der Waals surface area contributed by atoms with Gasteiger partial charge in [0.05, 0.1) is 23.9 Å². The van der Waals surface area contributed by atoms with E-state index in [4.69, 9.17) is 5.26 Å². The monoisotopic (exact) mass is 388 g/mol. The summed E-state index contributed by atoms with van der Waals surface area (Å²) in [5.74, 6) is 0.165. The van der Waals surface area contributed by atoms with Crippen LogP contribution in [0.1, 0.15) is 47.3 Å². The van der Waals surface area contributed by atoms with Crippen LogP contribution >= 0.6 is 0 Å². The molecule has 2 aliphatic heterocycles.